The topological polar surface area (TPSA) is 88.3 Å². The maximum absolute atomic E-state index is 9.58. The molecule has 0 radical (unpaired) electrons. The number of unbranched alkanes of at least 4 members (excludes halogenated alkanes) is 5. The number of hydrogen-bond donors (Lipinski definition) is 1. The lowest BCUT2D eigenvalue weighted by atomic mass is 9.88. The number of nitriles is 1. The van der Waals surface area contributed by atoms with Gasteiger partial charge in [-0.2, -0.15) is 5.26 Å². The molecule has 1 aliphatic heterocycles. The van der Waals surface area contributed by atoms with Crippen LogP contribution in [0.2, 0.25) is 0 Å². The minimum atomic E-state index is -0.0687. The third-order valence-corrected chi connectivity index (χ3v) is 7.09. The molecule has 1 N–H and O–H groups in total. The van der Waals surface area contributed by atoms with Crippen molar-refractivity contribution in [2.45, 2.75) is 64.3 Å². The van der Waals surface area contributed by atoms with Crippen molar-refractivity contribution in [1.29, 1.82) is 5.26 Å². The monoisotopic (exact) mass is 522 g/mol. The van der Waals surface area contributed by atoms with E-state index < -0.39 is 0 Å². The first-order valence-corrected chi connectivity index (χ1v) is 13.5. The van der Waals surface area contributed by atoms with Crippen LogP contribution in [0.15, 0.2) is 35.3 Å². The van der Waals surface area contributed by atoms with E-state index in [-0.39, 0.29) is 6.04 Å². The fourth-order valence-corrected chi connectivity index (χ4v) is 5.06. The van der Waals surface area contributed by atoms with Crippen LogP contribution in [0, 0.1) is 11.5 Å². The van der Waals surface area contributed by atoms with Crippen LogP contribution in [0.4, 0.5) is 0 Å². The lowest BCUT2D eigenvalue weighted by Gasteiger charge is -2.39. The Balaban J connectivity index is 1.95. The number of aliphatic imine (C=N–C) groups is 1. The van der Waals surface area contributed by atoms with Gasteiger partial charge in [0.25, 0.3) is 0 Å². The lowest BCUT2D eigenvalue weighted by molar-refractivity contribution is 0.285. The zero-order valence-corrected chi connectivity index (χ0v) is 23.5. The molecule has 0 unspecified atom stereocenters. The predicted octanol–water partition coefficient (Wildman–Crippen LogP) is 5.65. The molecule has 1 atom stereocenters. The van der Waals surface area contributed by atoms with Crippen LogP contribution in [0.25, 0.3) is 0 Å². The van der Waals surface area contributed by atoms with Crippen LogP contribution in [0.1, 0.15) is 68.2 Å². The van der Waals surface area contributed by atoms with Crippen LogP contribution in [0.5, 0.6) is 23.0 Å². The Labute approximate surface area is 227 Å². The van der Waals surface area contributed by atoms with Crippen molar-refractivity contribution in [1.82, 2.24) is 10.2 Å². The number of methoxy groups -OCH3 is 4. The lowest BCUT2D eigenvalue weighted by Crippen LogP contribution is -2.46. The summed E-state index contributed by atoms with van der Waals surface area (Å²) in [5.74, 6) is 3.40. The van der Waals surface area contributed by atoms with Gasteiger partial charge in [0, 0.05) is 13.1 Å². The summed E-state index contributed by atoms with van der Waals surface area (Å²) in [6.45, 7) is 3.64. The number of fused-ring (bicyclic) bond motifs is 1. The predicted molar refractivity (Wildman–Crippen MR) is 150 cm³/mol. The first kappa shape index (κ1) is 29.0. The van der Waals surface area contributed by atoms with Crippen LogP contribution in [-0.4, -0.2) is 52.4 Å². The molecule has 206 valence electrons. The van der Waals surface area contributed by atoms with Crippen LogP contribution in [0.3, 0.4) is 0 Å². The molecule has 0 saturated carbocycles. The van der Waals surface area contributed by atoms with Gasteiger partial charge < -0.3 is 23.8 Å². The highest BCUT2D eigenvalue weighted by molar-refractivity contribution is 5.82. The standard InChI is InChI=1S/C30H42N4O4/c1-6-7-8-9-10-11-15-32-30(33-21-31)34-16-14-23-19-28(37-4)29(38-5)20-24(23)25(34)17-22-12-13-26(35-2)27(18-22)36-3/h12-13,18-20,25H,6-11,14-17H2,1-5H3,(H,32,33)/t25-/m0/s1. The molecule has 0 saturated heterocycles. The van der Waals surface area contributed by atoms with Gasteiger partial charge in [0.05, 0.1) is 34.5 Å². The van der Waals surface area contributed by atoms with Crippen molar-refractivity contribution in [3.05, 3.63) is 47.0 Å². The van der Waals surface area contributed by atoms with Crippen molar-refractivity contribution in [3.63, 3.8) is 0 Å². The van der Waals surface area contributed by atoms with Gasteiger partial charge in [-0.15, -0.1) is 0 Å². The maximum Gasteiger partial charge on any atom is 0.207 e. The van der Waals surface area contributed by atoms with Gasteiger partial charge in [0.1, 0.15) is 0 Å². The summed E-state index contributed by atoms with van der Waals surface area (Å²) < 4.78 is 22.2. The van der Waals surface area contributed by atoms with E-state index in [1.165, 1.54) is 31.2 Å². The number of ether oxygens (including phenoxy) is 4. The van der Waals surface area contributed by atoms with E-state index in [1.54, 1.807) is 28.4 Å². The quantitative estimate of drug-likeness (QED) is 0.120. The second-order valence-corrected chi connectivity index (χ2v) is 9.47. The van der Waals surface area contributed by atoms with E-state index in [0.717, 1.165) is 42.7 Å². The van der Waals surface area contributed by atoms with Crippen molar-refractivity contribution in [3.8, 4) is 29.2 Å². The van der Waals surface area contributed by atoms with E-state index in [1.807, 2.05) is 12.1 Å². The Morgan fingerprint density at radius 2 is 1.58 bits per heavy atom. The Kier molecular flexibility index (Phi) is 11.4. The summed E-state index contributed by atoms with van der Waals surface area (Å²) in [5.41, 5.74) is 3.43. The molecule has 3 rings (SSSR count). The molecular formula is C30H42N4O4. The molecule has 2 aromatic rings. The van der Waals surface area contributed by atoms with Gasteiger partial charge in [-0.1, -0.05) is 45.1 Å². The molecule has 0 aliphatic carbocycles. The van der Waals surface area contributed by atoms with Crippen molar-refractivity contribution < 1.29 is 18.9 Å². The second kappa shape index (κ2) is 15.0. The molecule has 1 heterocycles. The Bertz CT molecular complexity index is 1110. The molecule has 8 nitrogen and oxygen atoms in total. The number of benzene rings is 2. The highest BCUT2D eigenvalue weighted by atomic mass is 16.5. The van der Waals surface area contributed by atoms with Crippen LogP contribution >= 0.6 is 0 Å². The molecule has 0 bridgehead atoms. The van der Waals surface area contributed by atoms with E-state index in [0.29, 0.717) is 36.2 Å². The summed E-state index contributed by atoms with van der Waals surface area (Å²) in [7, 11) is 6.59. The highest BCUT2D eigenvalue weighted by Crippen LogP contribution is 2.40. The molecule has 38 heavy (non-hydrogen) atoms. The molecule has 0 spiro atoms. The van der Waals surface area contributed by atoms with Gasteiger partial charge in [0.15, 0.2) is 29.2 Å². The van der Waals surface area contributed by atoms with E-state index in [4.69, 9.17) is 23.9 Å². The summed E-state index contributed by atoms with van der Waals surface area (Å²) in [4.78, 5) is 7.08. The van der Waals surface area contributed by atoms with Gasteiger partial charge in [-0.3, -0.25) is 10.3 Å². The molecular weight excluding hydrogens is 480 g/mol. The first-order chi connectivity index (χ1) is 18.6. The number of rotatable bonds is 13. The Morgan fingerprint density at radius 1 is 0.921 bits per heavy atom. The molecule has 0 amide bonds. The zero-order chi connectivity index (χ0) is 27.3. The summed E-state index contributed by atoms with van der Waals surface area (Å²) >= 11 is 0. The van der Waals surface area contributed by atoms with E-state index in [2.05, 4.69) is 41.5 Å². The van der Waals surface area contributed by atoms with Crippen LogP contribution in [-0.2, 0) is 12.8 Å². The summed E-state index contributed by atoms with van der Waals surface area (Å²) in [6.07, 6.45) is 10.8. The second-order valence-electron chi connectivity index (χ2n) is 9.47. The third-order valence-electron chi connectivity index (χ3n) is 7.09. The number of guanidine groups is 1. The fourth-order valence-electron chi connectivity index (χ4n) is 5.06. The molecule has 1 aliphatic rings. The molecule has 8 heteroatoms. The zero-order valence-electron chi connectivity index (χ0n) is 23.5. The Morgan fingerprint density at radius 3 is 2.26 bits per heavy atom. The van der Waals surface area contributed by atoms with Crippen molar-refractivity contribution in [2.24, 2.45) is 4.99 Å². The van der Waals surface area contributed by atoms with Gasteiger partial charge in [0.2, 0.25) is 5.96 Å². The summed E-state index contributed by atoms with van der Waals surface area (Å²) in [5, 5.41) is 12.5. The minimum absolute atomic E-state index is 0.0687. The van der Waals surface area contributed by atoms with Crippen molar-refractivity contribution >= 4 is 5.96 Å². The molecule has 2 aromatic carbocycles. The molecule has 0 aromatic heterocycles. The van der Waals surface area contributed by atoms with Gasteiger partial charge >= 0.3 is 0 Å². The average molecular weight is 523 g/mol. The molecule has 0 fully saturated rings. The number of nitrogens with one attached hydrogen (secondary N) is 1. The van der Waals surface area contributed by atoms with Gasteiger partial charge in [-0.25, -0.2) is 0 Å². The minimum Gasteiger partial charge on any atom is -0.493 e. The number of hydrogen-bond acceptors (Lipinski definition) is 6. The Hall–Kier alpha value is -3.60. The average Bonchev–Trinajstić information content (AvgIpc) is 2.95. The number of nitrogens with zero attached hydrogens (tertiary/aromatic N) is 3. The smallest absolute Gasteiger partial charge is 0.207 e. The largest absolute Gasteiger partial charge is 0.493 e. The third kappa shape index (κ3) is 7.25. The van der Waals surface area contributed by atoms with E-state index >= 15 is 0 Å². The fraction of sp³-hybridized carbons (Fsp3) is 0.533. The van der Waals surface area contributed by atoms with Gasteiger partial charge in [-0.05, 0) is 60.2 Å². The van der Waals surface area contributed by atoms with Crippen molar-refractivity contribution in [2.75, 3.05) is 41.5 Å². The highest BCUT2D eigenvalue weighted by Gasteiger charge is 2.32. The first-order valence-electron chi connectivity index (χ1n) is 13.5. The SMILES string of the molecule is CCCCCCCCN=C(NC#N)N1CCc2cc(OC)c(OC)cc2[C@@H]1Cc1ccc(OC)c(OC)c1. The normalized spacial score (nSPS) is 14.9. The van der Waals surface area contributed by atoms with E-state index in [9.17, 15) is 5.26 Å². The summed E-state index contributed by atoms with van der Waals surface area (Å²) in [6, 6.07) is 10.1. The van der Waals surface area contributed by atoms with Crippen LogP contribution < -0.4 is 24.3 Å². The maximum atomic E-state index is 9.58.